The van der Waals surface area contributed by atoms with Gasteiger partial charge in [0.1, 0.15) is 0 Å². The molecule has 0 saturated carbocycles. The fraction of sp³-hybridized carbons (Fsp3) is 0.111. The SMILES string of the molecule is O=C(O)c1ccc(S(=O)(=O)O)cc1C(=O)O.O=C(O)c1ccc(S(=O)(=O)O)cc1C(=O)O.[CH3][Ba][CH3]. The van der Waals surface area contributed by atoms with Gasteiger partial charge in [0.05, 0.1) is 32.0 Å². The summed E-state index contributed by atoms with van der Waals surface area (Å²) in [5, 5.41) is 34.6. The Morgan fingerprint density at radius 1 is 0.571 bits per heavy atom. The molecule has 0 aliphatic rings. The number of rotatable bonds is 6. The Labute approximate surface area is 223 Å². The number of carbonyl (C=O) groups is 4. The van der Waals surface area contributed by atoms with Gasteiger partial charge >= 0.3 is 70.8 Å². The van der Waals surface area contributed by atoms with Crippen molar-refractivity contribution in [2.24, 2.45) is 0 Å². The Morgan fingerprint density at radius 2 is 0.800 bits per heavy atom. The van der Waals surface area contributed by atoms with Gasteiger partial charge in [0.2, 0.25) is 0 Å². The van der Waals surface area contributed by atoms with E-state index in [1.54, 1.807) is 0 Å². The molecule has 2 rings (SSSR count). The molecule has 0 unspecified atom stereocenters. The van der Waals surface area contributed by atoms with E-state index >= 15 is 0 Å². The summed E-state index contributed by atoms with van der Waals surface area (Å²) in [6, 6.07) is 4.39. The van der Waals surface area contributed by atoms with Crippen molar-refractivity contribution in [2.75, 3.05) is 0 Å². The second-order valence-electron chi connectivity index (χ2n) is 6.29. The van der Waals surface area contributed by atoms with Gasteiger partial charge < -0.3 is 20.4 Å². The van der Waals surface area contributed by atoms with Crippen molar-refractivity contribution in [1.82, 2.24) is 0 Å². The fourth-order valence-corrected chi connectivity index (χ4v) is 3.11. The number of hydrogen-bond donors (Lipinski definition) is 6. The minimum absolute atomic E-state index is 0.0833. The normalized spacial score (nSPS) is 10.4. The van der Waals surface area contributed by atoms with Crippen LogP contribution in [0, 0.1) is 0 Å². The van der Waals surface area contributed by atoms with E-state index in [2.05, 4.69) is 2.78 Å². The van der Waals surface area contributed by atoms with Gasteiger partial charge in [-0.25, -0.2) is 19.2 Å². The summed E-state index contributed by atoms with van der Waals surface area (Å²) >= 11 is -0.0833. The fourth-order valence-electron chi connectivity index (χ4n) is 2.09. The average molecular weight is 660 g/mol. The van der Waals surface area contributed by atoms with Crippen LogP contribution in [-0.2, 0) is 20.2 Å². The number of carboxylic acid groups (broad SMARTS) is 4. The Bertz CT molecular complexity index is 1240. The van der Waals surface area contributed by atoms with Gasteiger partial charge in [0.15, 0.2) is 0 Å². The summed E-state index contributed by atoms with van der Waals surface area (Å²) in [6.45, 7) is 0. The molecule has 35 heavy (non-hydrogen) atoms. The molecule has 0 atom stereocenters. The van der Waals surface area contributed by atoms with E-state index in [0.717, 1.165) is 24.3 Å². The van der Waals surface area contributed by atoms with Crippen LogP contribution in [0.4, 0.5) is 0 Å². The van der Waals surface area contributed by atoms with Crippen LogP contribution in [0.25, 0.3) is 0 Å². The van der Waals surface area contributed by atoms with Gasteiger partial charge in [0, 0.05) is 0 Å². The molecular formula is C18H18BaO14S2. The topological polar surface area (TPSA) is 258 Å². The second kappa shape index (κ2) is 13.7. The molecule has 0 aromatic heterocycles. The predicted molar refractivity (Wildman–Crippen MR) is 118 cm³/mol. The number of hydrogen-bond acceptors (Lipinski definition) is 8. The zero-order valence-corrected chi connectivity index (χ0v) is 24.0. The summed E-state index contributed by atoms with van der Waals surface area (Å²) < 4.78 is 64.8. The molecule has 17 heteroatoms. The van der Waals surface area contributed by atoms with Crippen molar-refractivity contribution in [3.63, 3.8) is 0 Å². The number of benzene rings is 2. The first-order valence-electron chi connectivity index (χ1n) is 9.04. The monoisotopic (exact) mass is 660 g/mol. The molecule has 0 amide bonds. The molecule has 0 radical (unpaired) electrons. The van der Waals surface area contributed by atoms with Crippen molar-refractivity contribution in [3.8, 4) is 0 Å². The van der Waals surface area contributed by atoms with E-state index in [1.807, 2.05) is 0 Å². The molecular weight excluding hydrogens is 642 g/mol. The quantitative estimate of drug-likeness (QED) is 0.189. The number of carboxylic acids is 4. The third kappa shape index (κ3) is 10.5. The van der Waals surface area contributed by atoms with Crippen LogP contribution >= 0.6 is 0 Å². The molecule has 0 bridgehead atoms. The average Bonchev–Trinajstić information content (AvgIpc) is 2.72. The van der Waals surface area contributed by atoms with Crippen LogP contribution in [0.5, 0.6) is 0 Å². The molecule has 188 valence electrons. The summed E-state index contributed by atoms with van der Waals surface area (Å²) in [5.74, 6) is -6.19. The van der Waals surface area contributed by atoms with Crippen LogP contribution in [-0.4, -0.2) is 114 Å². The standard InChI is InChI=1S/2C8H6O7S.2CH3.Ba/c2*9-7(10)5-2-1-4(16(13,14)15)3-6(5)8(11)12;;;/h2*1-3H,(H,9,10)(H,11,12)(H,13,14,15);2*1H3;. The predicted octanol–water partition coefficient (Wildman–Crippen LogP) is 1.45. The van der Waals surface area contributed by atoms with Crippen LogP contribution in [0.1, 0.15) is 41.4 Å². The Hall–Kier alpha value is -2.29. The molecule has 6 N–H and O–H groups in total. The van der Waals surface area contributed by atoms with Gasteiger partial charge in [0.25, 0.3) is 20.2 Å². The maximum atomic E-state index is 10.7. The van der Waals surface area contributed by atoms with E-state index in [1.165, 1.54) is 0 Å². The molecule has 2 aromatic rings. The molecule has 0 heterocycles. The van der Waals surface area contributed by atoms with Crippen LogP contribution in [0.2, 0.25) is 2.78 Å². The Balaban J connectivity index is 0.000000594. The third-order valence-electron chi connectivity index (χ3n) is 3.50. The third-order valence-corrected chi connectivity index (χ3v) is 5.20. The van der Waals surface area contributed by atoms with Crippen LogP contribution in [0.15, 0.2) is 46.2 Å². The van der Waals surface area contributed by atoms with Gasteiger partial charge in [-0.05, 0) is 36.4 Å². The van der Waals surface area contributed by atoms with Crippen molar-refractivity contribution < 1.29 is 65.5 Å². The Morgan fingerprint density at radius 3 is 0.971 bits per heavy atom. The maximum absolute atomic E-state index is 10.7. The van der Waals surface area contributed by atoms with Gasteiger partial charge in [-0.1, -0.05) is 0 Å². The van der Waals surface area contributed by atoms with Gasteiger partial charge in [-0.2, -0.15) is 16.8 Å². The first-order valence-corrected chi connectivity index (χ1v) is 20.8. The van der Waals surface area contributed by atoms with E-state index in [0.29, 0.717) is 12.1 Å². The zero-order chi connectivity index (χ0) is 27.7. The molecule has 0 fully saturated rings. The van der Waals surface area contributed by atoms with E-state index in [-0.39, 0.29) is 44.2 Å². The summed E-state index contributed by atoms with van der Waals surface area (Å²) in [6.07, 6.45) is 0. The van der Waals surface area contributed by atoms with E-state index in [4.69, 9.17) is 29.5 Å². The molecule has 0 spiro atoms. The van der Waals surface area contributed by atoms with Gasteiger partial charge in [-0.15, -0.1) is 0 Å². The molecule has 2 aromatic carbocycles. The van der Waals surface area contributed by atoms with E-state index in [9.17, 15) is 36.0 Å². The molecule has 0 aliphatic heterocycles. The van der Waals surface area contributed by atoms with E-state index < -0.39 is 76.2 Å². The van der Waals surface area contributed by atoms with Crippen molar-refractivity contribution in [2.45, 2.75) is 12.6 Å². The van der Waals surface area contributed by atoms with Gasteiger partial charge in [-0.3, -0.25) is 9.11 Å². The minimum atomic E-state index is -4.56. The second-order valence-corrected chi connectivity index (χ2v) is 13.6. The molecule has 0 saturated heterocycles. The molecule has 14 nitrogen and oxygen atoms in total. The first-order chi connectivity index (χ1) is 15.9. The summed E-state index contributed by atoms with van der Waals surface area (Å²) in [7, 11) is -9.12. The molecule has 0 aliphatic carbocycles. The van der Waals surface area contributed by atoms with Crippen molar-refractivity contribution in [1.29, 1.82) is 0 Å². The summed E-state index contributed by atoms with van der Waals surface area (Å²) in [4.78, 5) is 41.2. The zero-order valence-electron chi connectivity index (χ0n) is 17.9. The first kappa shape index (κ1) is 32.7. The summed E-state index contributed by atoms with van der Waals surface area (Å²) in [5.41, 5.74) is -2.52. The van der Waals surface area contributed by atoms with Crippen molar-refractivity contribution in [3.05, 3.63) is 58.7 Å². The number of aromatic carboxylic acids is 4. The van der Waals surface area contributed by atoms with Crippen molar-refractivity contribution >= 4 is 88.3 Å². The Kier molecular flexibility index (Phi) is 12.8. The van der Waals surface area contributed by atoms with Crippen LogP contribution in [0.3, 0.4) is 0 Å². The van der Waals surface area contributed by atoms with Crippen LogP contribution < -0.4 is 0 Å².